The fraction of sp³-hybridized carbons (Fsp3) is 0.200. The van der Waals surface area contributed by atoms with Gasteiger partial charge in [0.1, 0.15) is 5.52 Å². The highest BCUT2D eigenvalue weighted by atomic mass is 32.2. The van der Waals surface area contributed by atoms with Gasteiger partial charge >= 0.3 is 5.97 Å². The van der Waals surface area contributed by atoms with Crippen molar-refractivity contribution in [3.8, 4) is 11.5 Å². The molecule has 8 heteroatoms. The molecule has 4 rings (SSSR count). The van der Waals surface area contributed by atoms with Gasteiger partial charge in [0.25, 0.3) is 10.0 Å². The number of sulfonamides is 1. The molecule has 1 aromatic heterocycles. The van der Waals surface area contributed by atoms with Gasteiger partial charge in [-0.25, -0.2) is 18.2 Å². The molecule has 170 valence electrons. The monoisotopic (exact) mass is 464 g/mol. The number of rotatable bonds is 7. The van der Waals surface area contributed by atoms with E-state index in [9.17, 15) is 13.2 Å². The molecule has 0 saturated carbocycles. The molecule has 0 aliphatic carbocycles. The number of nitrogens with zero attached hydrogens (tertiary/aromatic N) is 2. The van der Waals surface area contributed by atoms with E-state index in [4.69, 9.17) is 9.15 Å². The Kier molecular flexibility index (Phi) is 6.20. The summed E-state index contributed by atoms with van der Waals surface area (Å²) in [5.74, 6) is -0.101. The van der Waals surface area contributed by atoms with Crippen molar-refractivity contribution in [3.63, 3.8) is 0 Å². The lowest BCUT2D eigenvalue weighted by Crippen LogP contribution is -2.31. The topological polar surface area (TPSA) is 89.7 Å². The minimum absolute atomic E-state index is 0.0205. The Bertz CT molecular complexity index is 1410. The molecule has 7 nitrogen and oxygen atoms in total. The third-order valence-corrected chi connectivity index (χ3v) is 7.32. The molecule has 1 heterocycles. The summed E-state index contributed by atoms with van der Waals surface area (Å²) in [6.07, 6.45) is 0.578. The SMILES string of the molecule is CCc1ccc(S(=O)(=O)N(CC)c2ccc3oc(-c4ccccc4)nc3c2)cc1C(=O)OC. The van der Waals surface area contributed by atoms with E-state index in [1.54, 1.807) is 31.2 Å². The summed E-state index contributed by atoms with van der Waals surface area (Å²) in [6.45, 7) is 3.84. The summed E-state index contributed by atoms with van der Waals surface area (Å²) in [7, 11) is -2.66. The van der Waals surface area contributed by atoms with Crippen molar-refractivity contribution < 1.29 is 22.4 Å². The number of benzene rings is 3. The van der Waals surface area contributed by atoms with Crippen LogP contribution < -0.4 is 4.31 Å². The Morgan fingerprint density at radius 3 is 2.45 bits per heavy atom. The molecule has 0 atom stereocenters. The van der Waals surface area contributed by atoms with Gasteiger partial charge in [-0.3, -0.25) is 4.31 Å². The highest BCUT2D eigenvalue weighted by Crippen LogP contribution is 2.30. The van der Waals surface area contributed by atoms with E-state index in [-0.39, 0.29) is 17.0 Å². The smallest absolute Gasteiger partial charge is 0.338 e. The number of esters is 1. The Morgan fingerprint density at radius 1 is 1.03 bits per heavy atom. The first kappa shape index (κ1) is 22.5. The summed E-state index contributed by atoms with van der Waals surface area (Å²) in [5, 5.41) is 0. The van der Waals surface area contributed by atoms with Crippen LogP contribution in [-0.4, -0.2) is 33.0 Å². The van der Waals surface area contributed by atoms with Crippen molar-refractivity contribution in [2.75, 3.05) is 18.0 Å². The van der Waals surface area contributed by atoms with Crippen LogP contribution in [-0.2, 0) is 21.2 Å². The van der Waals surface area contributed by atoms with E-state index in [2.05, 4.69) is 4.98 Å². The van der Waals surface area contributed by atoms with Gasteiger partial charge in [0.15, 0.2) is 5.58 Å². The zero-order valence-electron chi connectivity index (χ0n) is 18.6. The van der Waals surface area contributed by atoms with E-state index in [1.165, 1.54) is 23.5 Å². The summed E-state index contributed by atoms with van der Waals surface area (Å²) >= 11 is 0. The standard InChI is InChI=1S/C25H24N2O5S/c1-4-17-11-13-20(16-21(17)25(28)31-3)33(29,30)27(5-2)19-12-14-23-22(15-19)26-24(32-23)18-9-7-6-8-10-18/h6-16H,4-5H2,1-3H3. The Morgan fingerprint density at radius 2 is 1.79 bits per heavy atom. The molecular weight excluding hydrogens is 440 g/mol. The predicted octanol–water partition coefficient (Wildman–Crippen LogP) is 5.06. The number of fused-ring (bicyclic) bond motifs is 1. The van der Waals surface area contributed by atoms with Crippen molar-refractivity contribution in [2.24, 2.45) is 0 Å². The molecule has 0 aliphatic rings. The third kappa shape index (κ3) is 4.21. The van der Waals surface area contributed by atoms with Gasteiger partial charge in [0.2, 0.25) is 5.89 Å². The summed E-state index contributed by atoms with van der Waals surface area (Å²) in [5.41, 5.74) is 3.37. The van der Waals surface area contributed by atoms with Crippen LogP contribution in [0.4, 0.5) is 5.69 Å². The molecular formula is C25H24N2O5S. The van der Waals surface area contributed by atoms with Crippen LogP contribution >= 0.6 is 0 Å². The lowest BCUT2D eigenvalue weighted by Gasteiger charge is -2.23. The highest BCUT2D eigenvalue weighted by Gasteiger charge is 2.26. The Balaban J connectivity index is 1.75. The van der Waals surface area contributed by atoms with E-state index in [1.807, 2.05) is 37.3 Å². The molecule has 0 fully saturated rings. The number of methoxy groups -OCH3 is 1. The number of carbonyl (C=O) groups excluding carboxylic acids is 1. The van der Waals surface area contributed by atoms with Crippen molar-refractivity contribution in [1.82, 2.24) is 4.98 Å². The lowest BCUT2D eigenvalue weighted by molar-refractivity contribution is 0.0599. The van der Waals surface area contributed by atoms with Gasteiger partial charge in [-0.2, -0.15) is 0 Å². The lowest BCUT2D eigenvalue weighted by atomic mass is 10.1. The van der Waals surface area contributed by atoms with Gasteiger partial charge in [-0.15, -0.1) is 0 Å². The van der Waals surface area contributed by atoms with Crippen LogP contribution in [0.3, 0.4) is 0 Å². The van der Waals surface area contributed by atoms with E-state index < -0.39 is 16.0 Å². The third-order valence-electron chi connectivity index (χ3n) is 5.42. The average Bonchev–Trinajstić information content (AvgIpc) is 3.27. The number of aromatic nitrogens is 1. The predicted molar refractivity (Wildman–Crippen MR) is 127 cm³/mol. The zero-order valence-corrected chi connectivity index (χ0v) is 19.4. The molecule has 0 unspecified atom stereocenters. The Labute approximate surface area is 192 Å². The molecule has 0 radical (unpaired) electrons. The molecule has 0 amide bonds. The van der Waals surface area contributed by atoms with Gasteiger partial charge in [-0.05, 0) is 61.4 Å². The largest absolute Gasteiger partial charge is 0.465 e. The second kappa shape index (κ2) is 9.07. The van der Waals surface area contributed by atoms with Gasteiger partial charge in [0.05, 0.1) is 23.3 Å². The van der Waals surface area contributed by atoms with Gasteiger partial charge in [0, 0.05) is 12.1 Å². The van der Waals surface area contributed by atoms with E-state index in [0.29, 0.717) is 29.1 Å². The van der Waals surface area contributed by atoms with Gasteiger partial charge in [-0.1, -0.05) is 31.2 Å². The molecule has 0 bridgehead atoms. The maximum atomic E-state index is 13.5. The molecule has 0 N–H and O–H groups in total. The molecule has 4 aromatic rings. The molecule has 3 aromatic carbocycles. The first-order valence-electron chi connectivity index (χ1n) is 10.6. The Hall–Kier alpha value is -3.65. The summed E-state index contributed by atoms with van der Waals surface area (Å²) in [6, 6.07) is 19.1. The number of anilines is 1. The maximum absolute atomic E-state index is 13.5. The van der Waals surface area contributed by atoms with Crippen molar-refractivity contribution in [3.05, 3.63) is 77.9 Å². The van der Waals surface area contributed by atoms with Crippen LogP contribution in [0.25, 0.3) is 22.6 Å². The number of hydrogen-bond donors (Lipinski definition) is 0. The number of carbonyl (C=O) groups is 1. The summed E-state index contributed by atoms with van der Waals surface area (Å²) < 4.78 is 39.0. The van der Waals surface area contributed by atoms with Crippen LogP contribution in [0, 0.1) is 0 Å². The van der Waals surface area contributed by atoms with Crippen LogP contribution in [0.2, 0.25) is 0 Å². The molecule has 33 heavy (non-hydrogen) atoms. The van der Waals surface area contributed by atoms with E-state index >= 15 is 0 Å². The average molecular weight is 465 g/mol. The number of oxazole rings is 1. The second-order valence-corrected chi connectivity index (χ2v) is 9.23. The maximum Gasteiger partial charge on any atom is 0.338 e. The van der Waals surface area contributed by atoms with Crippen LogP contribution in [0.1, 0.15) is 29.8 Å². The first-order chi connectivity index (χ1) is 15.9. The number of ether oxygens (including phenoxy) is 1. The molecule has 0 saturated heterocycles. The molecule has 0 spiro atoms. The second-order valence-electron chi connectivity index (χ2n) is 7.37. The van der Waals surface area contributed by atoms with Crippen molar-refractivity contribution >= 4 is 32.8 Å². The van der Waals surface area contributed by atoms with Crippen LogP contribution in [0.15, 0.2) is 76.0 Å². The first-order valence-corrected chi connectivity index (χ1v) is 12.0. The van der Waals surface area contributed by atoms with Crippen molar-refractivity contribution in [1.29, 1.82) is 0 Å². The van der Waals surface area contributed by atoms with Crippen LogP contribution in [0.5, 0.6) is 0 Å². The zero-order chi connectivity index (χ0) is 23.6. The highest BCUT2D eigenvalue weighted by molar-refractivity contribution is 7.92. The molecule has 0 aliphatic heterocycles. The minimum atomic E-state index is -3.94. The van der Waals surface area contributed by atoms with Crippen molar-refractivity contribution in [2.45, 2.75) is 25.2 Å². The normalized spacial score (nSPS) is 11.5. The van der Waals surface area contributed by atoms with E-state index in [0.717, 1.165) is 11.1 Å². The quantitative estimate of drug-likeness (QED) is 0.355. The number of hydrogen-bond acceptors (Lipinski definition) is 6. The number of aryl methyl sites for hydroxylation is 1. The summed E-state index contributed by atoms with van der Waals surface area (Å²) in [4.78, 5) is 16.8. The fourth-order valence-corrected chi connectivity index (χ4v) is 5.21. The van der Waals surface area contributed by atoms with Gasteiger partial charge < -0.3 is 9.15 Å². The minimum Gasteiger partial charge on any atom is -0.465 e. The fourth-order valence-electron chi connectivity index (χ4n) is 3.72.